The lowest BCUT2D eigenvalue weighted by atomic mass is 10.2. The Kier molecular flexibility index (Phi) is 5.78. The van der Waals surface area contributed by atoms with Gasteiger partial charge in [-0.3, -0.25) is 15.1 Å². The second-order valence-electron chi connectivity index (χ2n) is 6.69. The van der Waals surface area contributed by atoms with Crippen LogP contribution in [-0.4, -0.2) is 75.0 Å². The molecule has 4 rings (SSSR count). The number of nitrogens with zero attached hydrogens (tertiary/aromatic N) is 6. The van der Waals surface area contributed by atoms with Crippen LogP contribution in [0.4, 0.5) is 23.1 Å². The van der Waals surface area contributed by atoms with Crippen LogP contribution in [0.1, 0.15) is 16.1 Å². The van der Waals surface area contributed by atoms with Crippen LogP contribution < -0.4 is 10.1 Å². The second kappa shape index (κ2) is 8.53. The van der Waals surface area contributed by atoms with Gasteiger partial charge in [-0.25, -0.2) is 14.8 Å². The molecule has 1 fully saturated rings. The number of halogens is 3. The van der Waals surface area contributed by atoms with Crippen molar-refractivity contribution < 1.29 is 27.5 Å². The van der Waals surface area contributed by atoms with E-state index < -0.39 is 17.8 Å². The number of alkyl halides is 3. The second-order valence-corrected chi connectivity index (χ2v) is 7.67. The van der Waals surface area contributed by atoms with Crippen molar-refractivity contribution in [3.8, 4) is 5.88 Å². The number of carbonyl (C=O) groups is 2. The standard InChI is InChI=1S/C18H16F3N7O3S/c1-31-13-12-14(24-9-23-13)32-16(25-12)26-17(30)28-6-4-27(5-7-28)15(29)10-2-3-11(22-8-10)18(19,20)21/h2-3,8-9H,4-7H2,1H3,(H,25,26,30). The maximum Gasteiger partial charge on any atom is 0.433 e. The Balaban J connectivity index is 1.35. The Labute approximate surface area is 183 Å². The van der Waals surface area contributed by atoms with Gasteiger partial charge >= 0.3 is 12.2 Å². The molecule has 1 N–H and O–H groups in total. The number of hydrogen-bond donors (Lipinski definition) is 1. The van der Waals surface area contributed by atoms with E-state index in [-0.39, 0.29) is 37.8 Å². The van der Waals surface area contributed by atoms with Crippen molar-refractivity contribution in [2.75, 3.05) is 38.6 Å². The smallest absolute Gasteiger partial charge is 0.433 e. The highest BCUT2D eigenvalue weighted by atomic mass is 32.1. The molecule has 4 heterocycles. The fraction of sp³-hybridized carbons (Fsp3) is 0.333. The molecule has 0 saturated carbocycles. The minimum atomic E-state index is -4.57. The van der Waals surface area contributed by atoms with Gasteiger partial charge in [0.25, 0.3) is 5.91 Å². The molecule has 1 aliphatic heterocycles. The third kappa shape index (κ3) is 4.39. The predicted molar refractivity (Wildman–Crippen MR) is 107 cm³/mol. The normalized spacial score (nSPS) is 14.5. The minimum Gasteiger partial charge on any atom is -0.479 e. The zero-order chi connectivity index (χ0) is 22.9. The highest BCUT2D eigenvalue weighted by molar-refractivity contribution is 7.22. The summed E-state index contributed by atoms with van der Waals surface area (Å²) in [5.41, 5.74) is -0.565. The van der Waals surface area contributed by atoms with Gasteiger partial charge in [0, 0.05) is 32.4 Å². The first-order chi connectivity index (χ1) is 15.3. The molecule has 0 spiro atoms. The summed E-state index contributed by atoms with van der Waals surface area (Å²) in [7, 11) is 1.46. The summed E-state index contributed by atoms with van der Waals surface area (Å²) in [5.74, 6) is -0.139. The highest BCUT2D eigenvalue weighted by Gasteiger charge is 2.33. The fourth-order valence-electron chi connectivity index (χ4n) is 3.09. The molecule has 3 aromatic rings. The topological polar surface area (TPSA) is 113 Å². The predicted octanol–water partition coefficient (Wildman–Crippen LogP) is 2.50. The number of fused-ring (bicyclic) bond motifs is 1. The molecule has 3 amide bonds. The number of amides is 3. The largest absolute Gasteiger partial charge is 0.479 e. The summed E-state index contributed by atoms with van der Waals surface area (Å²) in [4.78, 5) is 44.3. The molecule has 1 aliphatic rings. The van der Waals surface area contributed by atoms with E-state index in [2.05, 4.69) is 25.3 Å². The van der Waals surface area contributed by atoms with Crippen LogP contribution in [0.2, 0.25) is 0 Å². The zero-order valence-electron chi connectivity index (χ0n) is 16.6. The SMILES string of the molecule is COc1ncnc2sc(NC(=O)N3CCN(C(=O)c4ccc(C(F)(F)F)nc4)CC3)nc12. The van der Waals surface area contributed by atoms with E-state index in [1.807, 2.05) is 0 Å². The molecule has 1 saturated heterocycles. The number of urea groups is 1. The van der Waals surface area contributed by atoms with Gasteiger partial charge in [-0.1, -0.05) is 11.3 Å². The summed E-state index contributed by atoms with van der Waals surface area (Å²) in [6.45, 7) is 0.957. The number of aromatic nitrogens is 4. The van der Waals surface area contributed by atoms with Crippen LogP contribution in [0.5, 0.6) is 5.88 Å². The lowest BCUT2D eigenvalue weighted by molar-refractivity contribution is -0.141. The average Bonchev–Trinajstić information content (AvgIpc) is 3.20. The first kappa shape index (κ1) is 21.7. The number of rotatable bonds is 3. The molecular formula is C18H16F3N7O3S. The maximum atomic E-state index is 12.6. The Morgan fingerprint density at radius 3 is 2.44 bits per heavy atom. The van der Waals surface area contributed by atoms with Gasteiger partial charge in [-0.2, -0.15) is 18.2 Å². The first-order valence-electron chi connectivity index (χ1n) is 9.30. The maximum absolute atomic E-state index is 12.6. The summed E-state index contributed by atoms with van der Waals surface area (Å²) in [6.07, 6.45) is -2.32. The van der Waals surface area contributed by atoms with Crippen LogP contribution >= 0.6 is 11.3 Å². The van der Waals surface area contributed by atoms with Gasteiger partial charge < -0.3 is 14.5 Å². The number of carbonyl (C=O) groups excluding carboxylic acids is 2. The van der Waals surface area contributed by atoms with Crippen LogP contribution in [-0.2, 0) is 6.18 Å². The van der Waals surface area contributed by atoms with Crippen LogP contribution in [0.15, 0.2) is 24.7 Å². The van der Waals surface area contributed by atoms with E-state index in [0.29, 0.717) is 21.4 Å². The van der Waals surface area contributed by atoms with Gasteiger partial charge in [-0.05, 0) is 12.1 Å². The lowest BCUT2D eigenvalue weighted by Gasteiger charge is -2.34. The molecule has 0 unspecified atom stereocenters. The van der Waals surface area contributed by atoms with Crippen LogP contribution in [0.3, 0.4) is 0 Å². The number of anilines is 1. The van der Waals surface area contributed by atoms with Crippen molar-refractivity contribution in [3.63, 3.8) is 0 Å². The van der Waals surface area contributed by atoms with Gasteiger partial charge in [0.2, 0.25) is 5.88 Å². The lowest BCUT2D eigenvalue weighted by Crippen LogP contribution is -2.51. The van der Waals surface area contributed by atoms with Crippen molar-refractivity contribution >= 4 is 38.8 Å². The zero-order valence-corrected chi connectivity index (χ0v) is 17.4. The third-order valence-electron chi connectivity index (χ3n) is 4.72. The van der Waals surface area contributed by atoms with Crippen molar-refractivity contribution in [2.24, 2.45) is 0 Å². The van der Waals surface area contributed by atoms with Gasteiger partial charge in [0.1, 0.15) is 12.0 Å². The molecule has 3 aromatic heterocycles. The Morgan fingerprint density at radius 1 is 1.09 bits per heavy atom. The molecule has 0 radical (unpaired) electrons. The first-order valence-corrected chi connectivity index (χ1v) is 10.1. The van der Waals surface area contributed by atoms with E-state index in [1.54, 1.807) is 0 Å². The molecule has 0 aliphatic carbocycles. The van der Waals surface area contributed by atoms with Crippen LogP contribution in [0.25, 0.3) is 10.3 Å². The van der Waals surface area contributed by atoms with Gasteiger partial charge in [0.05, 0.1) is 12.7 Å². The Morgan fingerprint density at radius 2 is 1.81 bits per heavy atom. The van der Waals surface area contributed by atoms with E-state index >= 15 is 0 Å². The molecule has 14 heteroatoms. The summed E-state index contributed by atoms with van der Waals surface area (Å²) < 4.78 is 43.0. The average molecular weight is 467 g/mol. The fourth-order valence-corrected chi connectivity index (χ4v) is 3.88. The van der Waals surface area contributed by atoms with E-state index in [9.17, 15) is 22.8 Å². The van der Waals surface area contributed by atoms with Crippen molar-refractivity contribution in [3.05, 3.63) is 35.9 Å². The number of piperazine rings is 1. The Hall–Kier alpha value is -3.55. The minimum absolute atomic E-state index is 0.0560. The number of thiazole rings is 1. The molecule has 32 heavy (non-hydrogen) atoms. The quantitative estimate of drug-likeness (QED) is 0.630. The molecular weight excluding hydrogens is 451 g/mol. The number of pyridine rings is 1. The number of hydrogen-bond acceptors (Lipinski definition) is 8. The van der Waals surface area contributed by atoms with Crippen molar-refractivity contribution in [2.45, 2.75) is 6.18 Å². The third-order valence-corrected chi connectivity index (χ3v) is 5.60. The van der Waals surface area contributed by atoms with Gasteiger partial charge in [-0.15, -0.1) is 0 Å². The summed E-state index contributed by atoms with van der Waals surface area (Å²) in [5, 5.41) is 3.03. The van der Waals surface area contributed by atoms with Crippen molar-refractivity contribution in [1.29, 1.82) is 0 Å². The highest BCUT2D eigenvalue weighted by Crippen LogP contribution is 2.29. The summed E-state index contributed by atoms with van der Waals surface area (Å²) >= 11 is 1.17. The number of methoxy groups -OCH3 is 1. The van der Waals surface area contributed by atoms with E-state index in [0.717, 1.165) is 18.3 Å². The molecule has 0 bridgehead atoms. The molecule has 0 atom stereocenters. The van der Waals surface area contributed by atoms with Crippen molar-refractivity contribution in [1.82, 2.24) is 29.7 Å². The number of ether oxygens (including phenoxy) is 1. The monoisotopic (exact) mass is 467 g/mol. The molecule has 0 aromatic carbocycles. The summed E-state index contributed by atoms with van der Waals surface area (Å²) in [6, 6.07) is 1.48. The van der Waals surface area contributed by atoms with Gasteiger partial charge in [0.15, 0.2) is 15.5 Å². The van der Waals surface area contributed by atoms with E-state index in [4.69, 9.17) is 4.74 Å². The molecule has 10 nitrogen and oxygen atoms in total. The Bertz CT molecular complexity index is 1140. The number of nitrogens with one attached hydrogen (secondary N) is 1. The van der Waals surface area contributed by atoms with E-state index in [1.165, 1.54) is 34.6 Å². The van der Waals surface area contributed by atoms with Crippen LogP contribution in [0, 0.1) is 0 Å². The molecule has 168 valence electrons.